The number of hydrogen-bond acceptors (Lipinski definition) is 5. The number of carbonyl (C=O) groups is 2. The number of carbonyl (C=O) groups excluding carboxylic acids is 2. The molecule has 192 valence electrons. The van der Waals surface area contributed by atoms with E-state index >= 15 is 0 Å². The van der Waals surface area contributed by atoms with Crippen molar-refractivity contribution in [2.24, 2.45) is 11.1 Å². The summed E-state index contributed by atoms with van der Waals surface area (Å²) >= 11 is 0. The van der Waals surface area contributed by atoms with Crippen LogP contribution in [0.2, 0.25) is 0 Å². The number of likely N-dealkylation sites (tertiary alicyclic amines) is 2. The molecule has 1 spiro atoms. The van der Waals surface area contributed by atoms with Crippen LogP contribution in [0.1, 0.15) is 35.3 Å². The van der Waals surface area contributed by atoms with E-state index < -0.39 is 0 Å². The summed E-state index contributed by atoms with van der Waals surface area (Å²) in [5, 5.41) is 2.93. The second-order valence-electron chi connectivity index (χ2n) is 10.3. The average Bonchev–Trinajstić information content (AvgIpc) is 3.34. The fraction of sp³-hybridized carbons (Fsp3) is 0.345. The number of piperidine rings is 1. The van der Waals surface area contributed by atoms with Gasteiger partial charge in [-0.3, -0.25) is 9.78 Å². The van der Waals surface area contributed by atoms with Gasteiger partial charge >= 0.3 is 6.03 Å². The normalized spacial score (nSPS) is 17.1. The molecule has 0 saturated carbocycles. The third-order valence-electron chi connectivity index (χ3n) is 7.85. The van der Waals surface area contributed by atoms with Crippen molar-refractivity contribution < 1.29 is 9.59 Å². The van der Waals surface area contributed by atoms with Gasteiger partial charge in [0.1, 0.15) is 0 Å². The molecular formula is C29H34N6O2. The SMILES string of the molecule is NC(=O)N1CCC2(CCN(CCc3ccc(C(=O)Nc4cc(-c5ccccc5)ccc4N)cn3)CC2)C1. The second-order valence-corrected chi connectivity index (χ2v) is 10.3. The number of amides is 3. The van der Waals surface area contributed by atoms with Crippen molar-refractivity contribution in [3.63, 3.8) is 0 Å². The molecule has 2 aliphatic heterocycles. The van der Waals surface area contributed by atoms with Gasteiger partial charge in [-0.25, -0.2) is 4.79 Å². The standard InChI is InChI=1S/C29H34N6O2/c30-25-9-7-22(21-4-2-1-3-5-21)18-26(25)33-27(36)23-6-8-24(32-19-23)10-14-34-15-11-29(12-16-34)13-17-35(20-29)28(31)37/h1-9,18-19H,10-17,20,30H2,(H2,31,37)(H,33,36). The van der Waals surface area contributed by atoms with Crippen molar-refractivity contribution in [3.05, 3.63) is 78.1 Å². The average molecular weight is 499 g/mol. The second kappa shape index (κ2) is 10.6. The predicted octanol–water partition coefficient (Wildman–Crippen LogP) is 3.99. The van der Waals surface area contributed by atoms with E-state index in [0.717, 1.165) is 75.2 Å². The Bertz CT molecular complexity index is 1250. The third-order valence-corrected chi connectivity index (χ3v) is 7.85. The Labute approximate surface area is 217 Å². The third kappa shape index (κ3) is 5.75. The Morgan fingerprint density at radius 1 is 0.946 bits per heavy atom. The maximum atomic E-state index is 12.9. The van der Waals surface area contributed by atoms with Gasteiger partial charge in [0, 0.05) is 37.9 Å². The van der Waals surface area contributed by atoms with E-state index in [1.165, 1.54) is 0 Å². The van der Waals surface area contributed by atoms with E-state index in [1.807, 2.05) is 60.7 Å². The van der Waals surface area contributed by atoms with Crippen molar-refractivity contribution in [2.75, 3.05) is 43.8 Å². The lowest BCUT2D eigenvalue weighted by Crippen LogP contribution is -2.43. The molecule has 2 aromatic carbocycles. The summed E-state index contributed by atoms with van der Waals surface area (Å²) in [6.07, 6.45) is 5.70. The van der Waals surface area contributed by atoms with Gasteiger partial charge in [-0.15, -0.1) is 0 Å². The van der Waals surface area contributed by atoms with Crippen molar-refractivity contribution >= 4 is 23.3 Å². The monoisotopic (exact) mass is 498 g/mol. The molecule has 1 aromatic heterocycles. The summed E-state index contributed by atoms with van der Waals surface area (Å²) in [6, 6.07) is 19.1. The maximum absolute atomic E-state index is 12.9. The van der Waals surface area contributed by atoms with Crippen LogP contribution in [0.15, 0.2) is 66.9 Å². The number of pyridine rings is 1. The summed E-state index contributed by atoms with van der Waals surface area (Å²) in [4.78, 5) is 33.1. The first-order chi connectivity index (χ1) is 17.9. The Morgan fingerprint density at radius 2 is 1.70 bits per heavy atom. The van der Waals surface area contributed by atoms with E-state index in [2.05, 4.69) is 15.2 Å². The number of anilines is 2. The highest BCUT2D eigenvalue weighted by molar-refractivity contribution is 6.06. The summed E-state index contributed by atoms with van der Waals surface area (Å²) in [5.74, 6) is -0.237. The Kier molecular flexibility index (Phi) is 7.10. The molecule has 8 nitrogen and oxygen atoms in total. The Balaban J connectivity index is 1.13. The molecular weight excluding hydrogens is 464 g/mol. The summed E-state index contributed by atoms with van der Waals surface area (Å²) in [6.45, 7) is 4.55. The molecule has 3 aromatic rings. The van der Waals surface area contributed by atoms with E-state index in [-0.39, 0.29) is 17.4 Å². The van der Waals surface area contributed by atoms with Gasteiger partial charge in [0.15, 0.2) is 0 Å². The number of aromatic nitrogens is 1. The molecule has 0 atom stereocenters. The van der Waals surface area contributed by atoms with Crippen LogP contribution in [0.4, 0.5) is 16.2 Å². The first-order valence-corrected chi connectivity index (χ1v) is 12.9. The lowest BCUT2D eigenvalue weighted by atomic mass is 9.78. The lowest BCUT2D eigenvalue weighted by Gasteiger charge is -2.39. The molecule has 0 bridgehead atoms. The molecule has 2 saturated heterocycles. The summed E-state index contributed by atoms with van der Waals surface area (Å²) in [5.41, 5.74) is 16.4. The van der Waals surface area contributed by atoms with Crippen LogP contribution in [0.25, 0.3) is 11.1 Å². The van der Waals surface area contributed by atoms with Crippen LogP contribution < -0.4 is 16.8 Å². The van der Waals surface area contributed by atoms with Crippen LogP contribution in [-0.2, 0) is 6.42 Å². The predicted molar refractivity (Wildman–Crippen MR) is 146 cm³/mol. The van der Waals surface area contributed by atoms with Crippen LogP contribution in [0, 0.1) is 5.41 Å². The highest BCUT2D eigenvalue weighted by atomic mass is 16.2. The minimum absolute atomic E-state index is 0.237. The number of nitrogens with two attached hydrogens (primary N) is 2. The minimum atomic E-state index is -0.299. The van der Waals surface area contributed by atoms with Gasteiger partial charge in [-0.05, 0) is 73.2 Å². The van der Waals surface area contributed by atoms with E-state index in [4.69, 9.17) is 11.5 Å². The van der Waals surface area contributed by atoms with Crippen LogP contribution >= 0.6 is 0 Å². The van der Waals surface area contributed by atoms with Crippen LogP contribution in [-0.4, -0.2) is 59.4 Å². The molecule has 0 aliphatic carbocycles. The highest BCUT2D eigenvalue weighted by Gasteiger charge is 2.41. The molecule has 3 heterocycles. The van der Waals surface area contributed by atoms with Gasteiger partial charge < -0.3 is 26.6 Å². The van der Waals surface area contributed by atoms with Crippen LogP contribution in [0.3, 0.4) is 0 Å². The van der Waals surface area contributed by atoms with Gasteiger partial charge in [0.05, 0.1) is 16.9 Å². The van der Waals surface area contributed by atoms with Gasteiger partial charge in [-0.1, -0.05) is 36.4 Å². The number of nitrogens with one attached hydrogen (secondary N) is 1. The molecule has 37 heavy (non-hydrogen) atoms. The molecule has 2 fully saturated rings. The molecule has 5 N–H and O–H groups in total. The van der Waals surface area contributed by atoms with Crippen LogP contribution in [0.5, 0.6) is 0 Å². The van der Waals surface area contributed by atoms with Gasteiger partial charge in [0.2, 0.25) is 0 Å². The van der Waals surface area contributed by atoms with Gasteiger partial charge in [0.25, 0.3) is 5.91 Å². The largest absolute Gasteiger partial charge is 0.397 e. The first kappa shape index (κ1) is 24.8. The van der Waals surface area contributed by atoms with E-state index in [9.17, 15) is 9.59 Å². The molecule has 5 rings (SSSR count). The summed E-state index contributed by atoms with van der Waals surface area (Å²) in [7, 11) is 0. The number of nitrogen functional groups attached to an aromatic ring is 1. The zero-order valence-corrected chi connectivity index (χ0v) is 21.0. The molecule has 0 unspecified atom stereocenters. The smallest absolute Gasteiger partial charge is 0.314 e. The molecule has 2 aliphatic rings. The number of benzene rings is 2. The molecule has 3 amide bonds. The topological polar surface area (TPSA) is 118 Å². The number of hydrogen-bond donors (Lipinski definition) is 3. The first-order valence-electron chi connectivity index (χ1n) is 12.9. The maximum Gasteiger partial charge on any atom is 0.314 e. The Hall–Kier alpha value is -3.91. The van der Waals surface area contributed by atoms with E-state index in [0.29, 0.717) is 16.9 Å². The fourth-order valence-electron chi connectivity index (χ4n) is 5.43. The quantitative estimate of drug-likeness (QED) is 0.444. The van der Waals surface area contributed by atoms with E-state index in [1.54, 1.807) is 11.1 Å². The number of urea groups is 1. The Morgan fingerprint density at radius 3 is 2.38 bits per heavy atom. The van der Waals surface area contributed by atoms with Crippen molar-refractivity contribution in [1.29, 1.82) is 0 Å². The minimum Gasteiger partial charge on any atom is -0.397 e. The zero-order valence-electron chi connectivity index (χ0n) is 21.0. The number of primary amides is 1. The van der Waals surface area contributed by atoms with Gasteiger partial charge in [-0.2, -0.15) is 0 Å². The summed E-state index contributed by atoms with van der Waals surface area (Å²) < 4.78 is 0. The zero-order chi connectivity index (χ0) is 25.8. The molecule has 8 heteroatoms. The molecule has 0 radical (unpaired) electrons. The highest BCUT2D eigenvalue weighted by Crippen LogP contribution is 2.40. The van der Waals surface area contributed by atoms with Crippen molar-refractivity contribution in [2.45, 2.75) is 25.7 Å². The van der Waals surface area contributed by atoms with Crippen molar-refractivity contribution in [3.8, 4) is 11.1 Å². The lowest BCUT2D eigenvalue weighted by molar-refractivity contribution is 0.102. The fourth-order valence-corrected chi connectivity index (χ4v) is 5.43. The number of nitrogens with zero attached hydrogens (tertiary/aromatic N) is 3. The van der Waals surface area contributed by atoms with Crippen molar-refractivity contribution in [1.82, 2.24) is 14.8 Å². The number of rotatable bonds is 6.